The number of ether oxygens (including phenoxy) is 2. The summed E-state index contributed by atoms with van der Waals surface area (Å²) in [6, 6.07) is 13.8. The van der Waals surface area contributed by atoms with E-state index < -0.39 is 12.1 Å². The molecule has 3 aromatic rings. The molecular weight excluding hydrogens is 336 g/mol. The van der Waals surface area contributed by atoms with Crippen molar-refractivity contribution in [3.63, 3.8) is 0 Å². The Balaban J connectivity index is 1.67. The third-order valence-corrected chi connectivity index (χ3v) is 4.16. The van der Waals surface area contributed by atoms with Gasteiger partial charge in [0.15, 0.2) is 0 Å². The summed E-state index contributed by atoms with van der Waals surface area (Å²) in [5, 5.41) is 10.3. The van der Waals surface area contributed by atoms with Crippen molar-refractivity contribution in [1.29, 1.82) is 0 Å². The molecular formula is C19H20N2O5. The zero-order chi connectivity index (χ0) is 18.7. The fourth-order valence-corrected chi connectivity index (χ4v) is 2.80. The maximum Gasteiger partial charge on any atom is 0.337 e. The van der Waals surface area contributed by atoms with Gasteiger partial charge in [0.25, 0.3) is 0 Å². The summed E-state index contributed by atoms with van der Waals surface area (Å²) in [6.45, 7) is 0.146. The quantitative estimate of drug-likeness (QED) is 0.678. The van der Waals surface area contributed by atoms with Crippen LogP contribution in [-0.4, -0.2) is 40.0 Å². The van der Waals surface area contributed by atoms with Gasteiger partial charge in [-0.25, -0.2) is 9.59 Å². The molecule has 1 atom stereocenters. The summed E-state index contributed by atoms with van der Waals surface area (Å²) < 4.78 is 13.3. The number of aliphatic hydroxyl groups excluding tert-OH is 1. The fourth-order valence-electron chi connectivity index (χ4n) is 2.80. The Labute approximate surface area is 150 Å². The predicted octanol–water partition coefficient (Wildman–Crippen LogP) is 1.57. The first kappa shape index (κ1) is 17.8. The highest BCUT2D eigenvalue weighted by atomic mass is 16.5. The van der Waals surface area contributed by atoms with Crippen LogP contribution in [-0.2, 0) is 18.3 Å². The third-order valence-electron chi connectivity index (χ3n) is 4.16. The summed E-state index contributed by atoms with van der Waals surface area (Å²) in [5.74, 6) is 0.0916. The minimum Gasteiger partial charge on any atom is -0.491 e. The lowest BCUT2D eigenvalue weighted by Crippen LogP contribution is -2.30. The number of aliphatic hydroxyl groups is 1. The second-order valence-electron chi connectivity index (χ2n) is 5.92. The number of benzene rings is 2. The van der Waals surface area contributed by atoms with Gasteiger partial charge in [-0.15, -0.1) is 0 Å². The van der Waals surface area contributed by atoms with E-state index >= 15 is 0 Å². The van der Waals surface area contributed by atoms with Gasteiger partial charge in [0.1, 0.15) is 18.5 Å². The molecule has 2 aromatic carbocycles. The van der Waals surface area contributed by atoms with Gasteiger partial charge in [0.2, 0.25) is 0 Å². The van der Waals surface area contributed by atoms with Gasteiger partial charge in [0, 0.05) is 7.05 Å². The van der Waals surface area contributed by atoms with Crippen LogP contribution in [0, 0.1) is 0 Å². The van der Waals surface area contributed by atoms with Crippen LogP contribution in [0.1, 0.15) is 10.4 Å². The first-order valence-corrected chi connectivity index (χ1v) is 8.14. The molecule has 3 rings (SSSR count). The number of aromatic nitrogens is 2. The summed E-state index contributed by atoms with van der Waals surface area (Å²) in [4.78, 5) is 23.8. The van der Waals surface area contributed by atoms with Crippen LogP contribution >= 0.6 is 0 Å². The summed E-state index contributed by atoms with van der Waals surface area (Å²) >= 11 is 0. The predicted molar refractivity (Wildman–Crippen MR) is 96.5 cm³/mol. The molecule has 136 valence electrons. The van der Waals surface area contributed by atoms with Gasteiger partial charge in [-0.2, -0.15) is 0 Å². The van der Waals surface area contributed by atoms with Crippen LogP contribution in [0.15, 0.2) is 53.3 Å². The normalized spacial score (nSPS) is 12.1. The molecule has 1 heterocycles. The van der Waals surface area contributed by atoms with E-state index in [-0.39, 0.29) is 18.8 Å². The van der Waals surface area contributed by atoms with Crippen LogP contribution in [0.2, 0.25) is 0 Å². The number of carbonyl (C=O) groups excluding carboxylic acids is 1. The van der Waals surface area contributed by atoms with E-state index in [1.165, 1.54) is 11.7 Å². The van der Waals surface area contributed by atoms with E-state index in [0.717, 1.165) is 11.0 Å². The molecule has 7 nitrogen and oxygen atoms in total. The Kier molecular flexibility index (Phi) is 5.09. The fraction of sp³-hybridized carbons (Fsp3) is 0.263. The molecule has 1 aromatic heterocycles. The zero-order valence-electron chi connectivity index (χ0n) is 14.6. The molecule has 0 fully saturated rings. The molecule has 0 aliphatic carbocycles. The van der Waals surface area contributed by atoms with E-state index in [1.54, 1.807) is 35.9 Å². The number of hydrogen-bond acceptors (Lipinski definition) is 5. The highest BCUT2D eigenvalue weighted by molar-refractivity contribution is 5.89. The molecule has 0 saturated heterocycles. The molecule has 0 bridgehead atoms. The SMILES string of the molecule is COC(=O)c1ccc(OCC(O)Cn2c(=O)n(C)c3ccccc32)cc1. The van der Waals surface area contributed by atoms with Crippen molar-refractivity contribution in [2.75, 3.05) is 13.7 Å². The molecule has 0 aliphatic rings. The van der Waals surface area contributed by atoms with Crippen molar-refractivity contribution in [1.82, 2.24) is 9.13 Å². The molecule has 7 heteroatoms. The lowest BCUT2D eigenvalue weighted by molar-refractivity contribution is 0.0600. The smallest absolute Gasteiger partial charge is 0.337 e. The number of esters is 1. The van der Waals surface area contributed by atoms with Gasteiger partial charge in [0.05, 0.1) is 30.3 Å². The highest BCUT2D eigenvalue weighted by Gasteiger charge is 2.14. The standard InChI is InChI=1S/C19H20N2O5/c1-20-16-5-3-4-6-17(16)21(19(20)24)11-14(22)12-26-15-9-7-13(8-10-15)18(23)25-2/h3-10,14,22H,11-12H2,1-2H3. The number of para-hydroxylation sites is 2. The topological polar surface area (TPSA) is 82.7 Å². The average Bonchev–Trinajstić information content (AvgIpc) is 2.91. The van der Waals surface area contributed by atoms with Gasteiger partial charge < -0.3 is 14.6 Å². The van der Waals surface area contributed by atoms with Gasteiger partial charge in [-0.3, -0.25) is 9.13 Å². The van der Waals surface area contributed by atoms with E-state index in [4.69, 9.17) is 4.74 Å². The maximum absolute atomic E-state index is 12.4. The van der Waals surface area contributed by atoms with E-state index in [9.17, 15) is 14.7 Å². The molecule has 0 saturated carbocycles. The maximum atomic E-state index is 12.4. The third kappa shape index (κ3) is 3.48. The molecule has 0 spiro atoms. The van der Waals surface area contributed by atoms with Crippen molar-refractivity contribution >= 4 is 17.0 Å². The van der Waals surface area contributed by atoms with Crippen LogP contribution < -0.4 is 10.4 Å². The Morgan fingerprint density at radius 1 is 1.12 bits per heavy atom. The lowest BCUT2D eigenvalue weighted by atomic mass is 10.2. The van der Waals surface area contributed by atoms with Crippen molar-refractivity contribution < 1.29 is 19.4 Å². The van der Waals surface area contributed by atoms with Crippen LogP contribution in [0.4, 0.5) is 0 Å². The first-order chi connectivity index (χ1) is 12.5. The number of fused-ring (bicyclic) bond motifs is 1. The summed E-state index contributed by atoms with van der Waals surface area (Å²) in [6.07, 6.45) is -0.862. The summed E-state index contributed by atoms with van der Waals surface area (Å²) in [5.41, 5.74) is 1.81. The second-order valence-corrected chi connectivity index (χ2v) is 5.92. The minimum absolute atomic E-state index is 0.0211. The van der Waals surface area contributed by atoms with Crippen molar-refractivity contribution in [2.45, 2.75) is 12.6 Å². The number of rotatable bonds is 6. The number of hydrogen-bond donors (Lipinski definition) is 1. The Hall–Kier alpha value is -3.06. The molecule has 1 N–H and O–H groups in total. The summed E-state index contributed by atoms with van der Waals surface area (Å²) in [7, 11) is 3.02. The Bertz CT molecular complexity index is 972. The zero-order valence-corrected chi connectivity index (χ0v) is 14.6. The first-order valence-electron chi connectivity index (χ1n) is 8.14. The molecule has 26 heavy (non-hydrogen) atoms. The van der Waals surface area contributed by atoms with Crippen LogP contribution in [0.25, 0.3) is 11.0 Å². The Morgan fingerprint density at radius 3 is 2.42 bits per heavy atom. The molecule has 0 radical (unpaired) electrons. The van der Waals surface area contributed by atoms with E-state index in [1.807, 2.05) is 24.3 Å². The highest BCUT2D eigenvalue weighted by Crippen LogP contribution is 2.15. The van der Waals surface area contributed by atoms with Crippen molar-refractivity contribution in [3.05, 3.63) is 64.6 Å². The number of carbonyl (C=O) groups is 1. The number of nitrogens with zero attached hydrogens (tertiary/aromatic N) is 2. The molecule has 1 unspecified atom stereocenters. The molecule has 0 aliphatic heterocycles. The lowest BCUT2D eigenvalue weighted by Gasteiger charge is -2.13. The van der Waals surface area contributed by atoms with Crippen LogP contribution in [0.3, 0.4) is 0 Å². The van der Waals surface area contributed by atoms with Crippen molar-refractivity contribution in [2.24, 2.45) is 7.05 Å². The largest absolute Gasteiger partial charge is 0.491 e. The average molecular weight is 356 g/mol. The van der Waals surface area contributed by atoms with Gasteiger partial charge >= 0.3 is 11.7 Å². The molecule has 0 amide bonds. The number of methoxy groups -OCH3 is 1. The van der Waals surface area contributed by atoms with Gasteiger partial charge in [-0.1, -0.05) is 12.1 Å². The minimum atomic E-state index is -0.862. The van der Waals surface area contributed by atoms with E-state index in [2.05, 4.69) is 4.74 Å². The monoisotopic (exact) mass is 356 g/mol. The Morgan fingerprint density at radius 2 is 1.77 bits per heavy atom. The van der Waals surface area contributed by atoms with Crippen molar-refractivity contribution in [3.8, 4) is 5.75 Å². The number of imidazole rings is 1. The second kappa shape index (κ2) is 7.45. The van der Waals surface area contributed by atoms with E-state index in [0.29, 0.717) is 11.3 Å². The van der Waals surface area contributed by atoms with Gasteiger partial charge in [-0.05, 0) is 36.4 Å². The number of aryl methyl sites for hydroxylation is 1. The van der Waals surface area contributed by atoms with Crippen LogP contribution in [0.5, 0.6) is 5.75 Å².